The molecular formula is C30H25N3. The van der Waals surface area contributed by atoms with Crippen molar-refractivity contribution >= 4 is 17.1 Å². The SMILES string of the molecule is Cc1ccnc(-c2cccc(N(c3ccccc3)c3cccc(-c4cc(C)ccn4)c3)c2)c1. The smallest absolute Gasteiger partial charge is 0.0705 e. The molecule has 3 aromatic carbocycles. The van der Waals surface area contributed by atoms with Gasteiger partial charge in [-0.3, -0.25) is 9.97 Å². The molecule has 0 radical (unpaired) electrons. The summed E-state index contributed by atoms with van der Waals surface area (Å²) in [6.07, 6.45) is 3.73. The Hall–Kier alpha value is -4.24. The van der Waals surface area contributed by atoms with Crippen LogP contribution in [0.2, 0.25) is 0 Å². The Balaban J connectivity index is 1.63. The van der Waals surface area contributed by atoms with Crippen LogP contribution in [-0.2, 0) is 0 Å². The maximum atomic E-state index is 4.59. The lowest BCUT2D eigenvalue weighted by Crippen LogP contribution is -2.10. The van der Waals surface area contributed by atoms with Crippen molar-refractivity contribution in [3.05, 3.63) is 127 Å². The number of pyridine rings is 2. The Bertz CT molecular complexity index is 1300. The maximum absolute atomic E-state index is 4.59. The summed E-state index contributed by atoms with van der Waals surface area (Å²) in [7, 11) is 0. The normalized spacial score (nSPS) is 10.7. The molecule has 2 heterocycles. The standard InChI is InChI=1S/C30H25N3/c1-22-14-16-31-29(18-22)24-8-6-12-27(20-24)33(26-10-4-3-5-11-26)28-13-7-9-25(21-28)30-19-23(2)15-17-32-30/h3-21H,1-2H3. The molecule has 2 aromatic heterocycles. The Morgan fingerprint density at radius 1 is 0.485 bits per heavy atom. The lowest BCUT2D eigenvalue weighted by Gasteiger charge is -2.26. The lowest BCUT2D eigenvalue weighted by molar-refractivity contribution is 1.26. The first-order chi connectivity index (χ1) is 16.2. The predicted octanol–water partition coefficient (Wildman–Crippen LogP) is 7.90. The van der Waals surface area contributed by atoms with Crippen LogP contribution in [0.3, 0.4) is 0 Å². The number of hydrogen-bond donors (Lipinski definition) is 0. The molecule has 0 atom stereocenters. The van der Waals surface area contributed by atoms with Gasteiger partial charge in [-0.05, 0) is 85.6 Å². The minimum Gasteiger partial charge on any atom is -0.310 e. The van der Waals surface area contributed by atoms with Crippen molar-refractivity contribution in [3.63, 3.8) is 0 Å². The summed E-state index contributed by atoms with van der Waals surface area (Å²) in [6, 6.07) is 35.8. The van der Waals surface area contributed by atoms with Crippen LogP contribution in [0, 0.1) is 13.8 Å². The lowest BCUT2D eigenvalue weighted by atomic mass is 10.1. The fraction of sp³-hybridized carbons (Fsp3) is 0.0667. The molecular weight excluding hydrogens is 402 g/mol. The van der Waals surface area contributed by atoms with Crippen molar-refractivity contribution in [2.24, 2.45) is 0 Å². The Kier molecular flexibility index (Phi) is 5.69. The molecule has 0 aliphatic rings. The van der Waals surface area contributed by atoms with E-state index in [9.17, 15) is 0 Å². The van der Waals surface area contributed by atoms with E-state index in [1.807, 2.05) is 30.6 Å². The van der Waals surface area contributed by atoms with Crippen LogP contribution in [0.15, 0.2) is 116 Å². The fourth-order valence-electron chi connectivity index (χ4n) is 4.02. The van der Waals surface area contributed by atoms with E-state index < -0.39 is 0 Å². The third-order valence-electron chi connectivity index (χ3n) is 5.65. The van der Waals surface area contributed by atoms with Gasteiger partial charge in [0.25, 0.3) is 0 Å². The number of anilines is 3. The molecule has 5 aromatic rings. The number of benzene rings is 3. The fourth-order valence-corrected chi connectivity index (χ4v) is 4.02. The second kappa shape index (κ2) is 9.09. The number of rotatable bonds is 5. The highest BCUT2D eigenvalue weighted by atomic mass is 15.1. The average molecular weight is 428 g/mol. The number of aryl methyl sites for hydroxylation is 2. The van der Waals surface area contributed by atoms with Crippen LogP contribution in [0.1, 0.15) is 11.1 Å². The van der Waals surface area contributed by atoms with Gasteiger partial charge in [0.05, 0.1) is 11.4 Å². The molecule has 5 rings (SSSR count). The van der Waals surface area contributed by atoms with E-state index in [1.165, 1.54) is 11.1 Å². The van der Waals surface area contributed by atoms with Crippen LogP contribution in [0.4, 0.5) is 17.1 Å². The molecule has 0 aliphatic heterocycles. The van der Waals surface area contributed by atoms with Crippen LogP contribution < -0.4 is 4.90 Å². The van der Waals surface area contributed by atoms with Gasteiger partial charge in [0.2, 0.25) is 0 Å². The molecule has 3 nitrogen and oxygen atoms in total. The molecule has 0 bridgehead atoms. The van der Waals surface area contributed by atoms with E-state index in [0.717, 1.165) is 39.6 Å². The molecule has 3 heteroatoms. The van der Waals surface area contributed by atoms with Crippen molar-refractivity contribution < 1.29 is 0 Å². The number of nitrogens with zero attached hydrogens (tertiary/aromatic N) is 3. The van der Waals surface area contributed by atoms with Gasteiger partial charge in [-0.2, -0.15) is 0 Å². The highest BCUT2D eigenvalue weighted by molar-refractivity contribution is 5.81. The minimum atomic E-state index is 0.975. The zero-order valence-electron chi connectivity index (χ0n) is 18.8. The largest absolute Gasteiger partial charge is 0.310 e. The number of aromatic nitrogens is 2. The molecule has 0 fully saturated rings. The maximum Gasteiger partial charge on any atom is 0.0705 e. The summed E-state index contributed by atoms with van der Waals surface area (Å²) in [6.45, 7) is 4.19. The van der Waals surface area contributed by atoms with Crippen molar-refractivity contribution in [2.75, 3.05) is 4.90 Å². The van der Waals surface area contributed by atoms with Gasteiger partial charge >= 0.3 is 0 Å². The second-order valence-corrected chi connectivity index (χ2v) is 8.21. The van der Waals surface area contributed by atoms with Gasteiger partial charge in [0.1, 0.15) is 0 Å². The molecule has 33 heavy (non-hydrogen) atoms. The van der Waals surface area contributed by atoms with Crippen molar-refractivity contribution in [2.45, 2.75) is 13.8 Å². The minimum absolute atomic E-state index is 0.975. The predicted molar refractivity (Wildman–Crippen MR) is 137 cm³/mol. The number of para-hydroxylation sites is 1. The van der Waals surface area contributed by atoms with Gasteiger partial charge in [0.15, 0.2) is 0 Å². The summed E-state index contributed by atoms with van der Waals surface area (Å²) in [5.74, 6) is 0. The summed E-state index contributed by atoms with van der Waals surface area (Å²) in [5.41, 5.74) is 9.79. The van der Waals surface area contributed by atoms with Gasteiger partial charge in [0, 0.05) is 40.6 Å². The van der Waals surface area contributed by atoms with E-state index in [1.54, 1.807) is 0 Å². The zero-order chi connectivity index (χ0) is 22.6. The summed E-state index contributed by atoms with van der Waals surface area (Å²) >= 11 is 0. The van der Waals surface area contributed by atoms with Crippen molar-refractivity contribution in [3.8, 4) is 22.5 Å². The van der Waals surface area contributed by atoms with Gasteiger partial charge in [-0.15, -0.1) is 0 Å². The third-order valence-corrected chi connectivity index (χ3v) is 5.65. The van der Waals surface area contributed by atoms with Gasteiger partial charge in [-0.25, -0.2) is 0 Å². The topological polar surface area (TPSA) is 29.0 Å². The monoisotopic (exact) mass is 427 g/mol. The Labute approximate surface area is 195 Å². The van der Waals surface area contributed by atoms with Crippen LogP contribution in [-0.4, -0.2) is 9.97 Å². The van der Waals surface area contributed by atoms with Crippen molar-refractivity contribution in [1.82, 2.24) is 9.97 Å². The van der Waals surface area contributed by atoms with Gasteiger partial charge in [-0.1, -0.05) is 42.5 Å². The summed E-state index contributed by atoms with van der Waals surface area (Å²) < 4.78 is 0. The molecule has 0 N–H and O–H groups in total. The van der Waals surface area contributed by atoms with Crippen molar-refractivity contribution in [1.29, 1.82) is 0 Å². The first-order valence-corrected chi connectivity index (χ1v) is 11.1. The number of hydrogen-bond acceptors (Lipinski definition) is 3. The molecule has 0 aliphatic carbocycles. The molecule has 0 saturated carbocycles. The van der Waals surface area contributed by atoms with Gasteiger partial charge < -0.3 is 4.90 Å². The van der Waals surface area contributed by atoms with E-state index in [0.29, 0.717) is 0 Å². The molecule has 0 saturated heterocycles. The summed E-state index contributed by atoms with van der Waals surface area (Å²) in [4.78, 5) is 11.5. The van der Waals surface area contributed by atoms with E-state index in [-0.39, 0.29) is 0 Å². The van der Waals surface area contributed by atoms with Crippen LogP contribution in [0.5, 0.6) is 0 Å². The third kappa shape index (κ3) is 4.53. The first-order valence-electron chi connectivity index (χ1n) is 11.1. The second-order valence-electron chi connectivity index (χ2n) is 8.21. The summed E-state index contributed by atoms with van der Waals surface area (Å²) in [5, 5.41) is 0. The Morgan fingerprint density at radius 2 is 0.970 bits per heavy atom. The Morgan fingerprint density at radius 3 is 1.45 bits per heavy atom. The highest BCUT2D eigenvalue weighted by Crippen LogP contribution is 2.37. The van der Waals surface area contributed by atoms with E-state index in [2.05, 4.69) is 114 Å². The van der Waals surface area contributed by atoms with Crippen LogP contribution >= 0.6 is 0 Å². The molecule has 0 spiro atoms. The molecule has 0 unspecified atom stereocenters. The molecule has 0 amide bonds. The zero-order valence-corrected chi connectivity index (χ0v) is 18.8. The molecule has 160 valence electrons. The first kappa shape index (κ1) is 20.7. The quantitative estimate of drug-likeness (QED) is 0.285. The van der Waals surface area contributed by atoms with Crippen LogP contribution in [0.25, 0.3) is 22.5 Å². The average Bonchev–Trinajstić information content (AvgIpc) is 2.85. The highest BCUT2D eigenvalue weighted by Gasteiger charge is 2.14. The van der Waals surface area contributed by atoms with E-state index in [4.69, 9.17) is 0 Å². The van der Waals surface area contributed by atoms with E-state index >= 15 is 0 Å².